The van der Waals surface area contributed by atoms with Crippen molar-refractivity contribution >= 4 is 11.2 Å². The minimum Gasteiger partial charge on any atom is -0.397 e. The molecule has 0 saturated heterocycles. The van der Waals surface area contributed by atoms with Crippen molar-refractivity contribution in [3.63, 3.8) is 0 Å². The summed E-state index contributed by atoms with van der Waals surface area (Å²) in [7, 11) is 0. The summed E-state index contributed by atoms with van der Waals surface area (Å²) >= 11 is 0. The van der Waals surface area contributed by atoms with E-state index in [1.165, 1.54) is 0 Å². The lowest BCUT2D eigenvalue weighted by atomic mass is 10.2. The van der Waals surface area contributed by atoms with Crippen molar-refractivity contribution in [3.8, 4) is 28.8 Å². The van der Waals surface area contributed by atoms with Gasteiger partial charge in [-0.3, -0.25) is 9.38 Å². The van der Waals surface area contributed by atoms with E-state index in [1.807, 2.05) is 47.0 Å². The van der Waals surface area contributed by atoms with Gasteiger partial charge in [0.05, 0.1) is 29.3 Å². The molecule has 0 fully saturated rings. The van der Waals surface area contributed by atoms with Gasteiger partial charge in [0.25, 0.3) is 0 Å². The number of imidazole rings is 1. The maximum absolute atomic E-state index is 9.03. The van der Waals surface area contributed by atoms with E-state index in [4.69, 9.17) is 11.0 Å². The molecule has 0 spiro atoms. The predicted molar refractivity (Wildman–Crippen MR) is 90.8 cm³/mol. The summed E-state index contributed by atoms with van der Waals surface area (Å²) < 4.78 is 1.94. The lowest BCUT2D eigenvalue weighted by Crippen LogP contribution is -1.95. The molecule has 4 rings (SSSR count). The molecule has 114 valence electrons. The molecule has 4 aromatic rings. The zero-order valence-corrected chi connectivity index (χ0v) is 12.6. The smallest absolute Gasteiger partial charge is 0.163 e. The van der Waals surface area contributed by atoms with E-state index in [0.29, 0.717) is 22.9 Å². The van der Waals surface area contributed by atoms with Crippen LogP contribution in [-0.2, 0) is 0 Å². The zero-order chi connectivity index (χ0) is 16.5. The van der Waals surface area contributed by atoms with Crippen LogP contribution in [-0.4, -0.2) is 19.4 Å². The third-order valence-corrected chi connectivity index (χ3v) is 3.70. The second kappa shape index (κ2) is 5.48. The molecule has 0 saturated carbocycles. The average Bonchev–Trinajstić information content (AvgIpc) is 3.05. The number of hydrogen-bond acceptors (Lipinski definition) is 5. The van der Waals surface area contributed by atoms with E-state index in [9.17, 15) is 0 Å². The highest BCUT2D eigenvalue weighted by Crippen LogP contribution is 2.23. The van der Waals surface area contributed by atoms with E-state index >= 15 is 0 Å². The lowest BCUT2D eigenvalue weighted by molar-refractivity contribution is 1.12. The van der Waals surface area contributed by atoms with E-state index in [-0.39, 0.29) is 0 Å². The van der Waals surface area contributed by atoms with Gasteiger partial charge in [-0.15, -0.1) is 0 Å². The van der Waals surface area contributed by atoms with Crippen LogP contribution in [0.15, 0.2) is 61.1 Å². The van der Waals surface area contributed by atoms with Gasteiger partial charge >= 0.3 is 0 Å². The minimum absolute atomic E-state index is 0.362. The van der Waals surface area contributed by atoms with Crippen LogP contribution < -0.4 is 5.73 Å². The lowest BCUT2D eigenvalue weighted by Gasteiger charge is -2.05. The van der Waals surface area contributed by atoms with Crippen LogP contribution in [0.2, 0.25) is 0 Å². The fourth-order valence-corrected chi connectivity index (χ4v) is 2.53. The summed E-state index contributed by atoms with van der Waals surface area (Å²) in [5, 5.41) is 9.03. The first-order chi connectivity index (χ1) is 11.7. The molecule has 0 amide bonds. The highest BCUT2D eigenvalue weighted by molar-refractivity contribution is 5.66. The molecule has 24 heavy (non-hydrogen) atoms. The number of aromatic nitrogens is 4. The molecule has 0 atom stereocenters. The Morgan fingerprint density at radius 2 is 1.88 bits per heavy atom. The Morgan fingerprint density at radius 1 is 0.958 bits per heavy atom. The molecule has 0 radical (unpaired) electrons. The number of hydrogen-bond donors (Lipinski definition) is 1. The Hall–Kier alpha value is -3.72. The van der Waals surface area contributed by atoms with Gasteiger partial charge in [0, 0.05) is 11.8 Å². The molecule has 6 nitrogen and oxygen atoms in total. The Balaban J connectivity index is 1.87. The Morgan fingerprint density at radius 3 is 2.67 bits per heavy atom. The summed E-state index contributed by atoms with van der Waals surface area (Å²) in [6.07, 6.45) is 5.36. The van der Waals surface area contributed by atoms with E-state index in [1.54, 1.807) is 24.5 Å². The molecule has 0 unspecified atom stereocenters. The van der Waals surface area contributed by atoms with Crippen molar-refractivity contribution in [1.29, 1.82) is 5.26 Å². The molecule has 0 bridgehead atoms. The average molecular weight is 312 g/mol. The van der Waals surface area contributed by atoms with E-state index in [0.717, 1.165) is 16.8 Å². The fraction of sp³-hybridized carbons (Fsp3) is 0. The SMILES string of the molecule is N#Cc1cccc(-c2ncc3ccc(-c4ccc(N)cn4)cn23)n1. The Kier molecular flexibility index (Phi) is 3.18. The summed E-state index contributed by atoms with van der Waals surface area (Å²) in [5.74, 6) is 0.680. The number of nitrogen functional groups attached to an aromatic ring is 1. The van der Waals surface area contributed by atoms with Crippen molar-refractivity contribution < 1.29 is 0 Å². The van der Waals surface area contributed by atoms with Crippen LogP contribution in [0.4, 0.5) is 5.69 Å². The second-order valence-corrected chi connectivity index (χ2v) is 5.29. The summed E-state index contributed by atoms with van der Waals surface area (Å²) in [5.41, 5.74) is 10.0. The van der Waals surface area contributed by atoms with Gasteiger partial charge in [-0.1, -0.05) is 6.07 Å². The standard InChI is InChI=1S/C18H12N6/c19-8-14-2-1-3-17(23-14)18-22-10-15-6-4-12(11-24(15)18)16-7-5-13(20)9-21-16/h1-7,9-11H,20H2. The van der Waals surface area contributed by atoms with Gasteiger partial charge in [0.2, 0.25) is 0 Å². The molecule has 0 aliphatic heterocycles. The van der Waals surface area contributed by atoms with Crippen LogP contribution >= 0.6 is 0 Å². The van der Waals surface area contributed by atoms with Crippen LogP contribution in [0.3, 0.4) is 0 Å². The molecule has 4 aromatic heterocycles. The van der Waals surface area contributed by atoms with Crippen molar-refractivity contribution in [2.75, 3.05) is 5.73 Å². The first kappa shape index (κ1) is 13.9. The molecule has 0 aliphatic rings. The van der Waals surface area contributed by atoms with Gasteiger partial charge in [-0.25, -0.2) is 9.97 Å². The summed E-state index contributed by atoms with van der Waals surface area (Å²) in [4.78, 5) is 13.1. The summed E-state index contributed by atoms with van der Waals surface area (Å²) in [6, 6.07) is 15.0. The molecule has 0 aliphatic carbocycles. The highest BCUT2D eigenvalue weighted by atomic mass is 15.0. The number of pyridine rings is 3. The molecule has 0 aromatic carbocycles. The van der Waals surface area contributed by atoms with Gasteiger partial charge < -0.3 is 5.73 Å². The molecular formula is C18H12N6. The van der Waals surface area contributed by atoms with Gasteiger partial charge in [0.15, 0.2) is 5.82 Å². The number of nitriles is 1. The molecule has 6 heteroatoms. The fourth-order valence-electron chi connectivity index (χ4n) is 2.53. The maximum atomic E-state index is 9.03. The van der Waals surface area contributed by atoms with Gasteiger partial charge in [0.1, 0.15) is 17.5 Å². The monoisotopic (exact) mass is 312 g/mol. The van der Waals surface area contributed by atoms with E-state index < -0.39 is 0 Å². The quantitative estimate of drug-likeness (QED) is 0.614. The normalized spacial score (nSPS) is 10.6. The maximum Gasteiger partial charge on any atom is 0.163 e. The summed E-state index contributed by atoms with van der Waals surface area (Å²) in [6.45, 7) is 0. The Labute approximate surface area is 137 Å². The number of nitrogens with two attached hydrogens (primary N) is 1. The van der Waals surface area contributed by atoms with Crippen molar-refractivity contribution in [3.05, 3.63) is 66.7 Å². The number of rotatable bonds is 2. The van der Waals surface area contributed by atoms with Crippen molar-refractivity contribution in [2.24, 2.45) is 0 Å². The second-order valence-electron chi connectivity index (χ2n) is 5.29. The van der Waals surface area contributed by atoms with E-state index in [2.05, 4.69) is 15.0 Å². The zero-order valence-electron chi connectivity index (χ0n) is 12.6. The number of fused-ring (bicyclic) bond motifs is 1. The number of anilines is 1. The molecule has 4 heterocycles. The minimum atomic E-state index is 0.362. The van der Waals surface area contributed by atoms with Crippen LogP contribution in [0.1, 0.15) is 5.69 Å². The predicted octanol–water partition coefficient (Wildman–Crippen LogP) is 2.91. The van der Waals surface area contributed by atoms with Crippen molar-refractivity contribution in [2.45, 2.75) is 0 Å². The third kappa shape index (κ3) is 2.34. The molecular weight excluding hydrogens is 300 g/mol. The van der Waals surface area contributed by atoms with Crippen LogP contribution in [0.25, 0.3) is 28.3 Å². The first-order valence-corrected chi connectivity index (χ1v) is 7.31. The first-order valence-electron chi connectivity index (χ1n) is 7.31. The van der Waals surface area contributed by atoms with Gasteiger partial charge in [-0.05, 0) is 36.4 Å². The number of nitrogens with zero attached hydrogens (tertiary/aromatic N) is 5. The van der Waals surface area contributed by atoms with Gasteiger partial charge in [-0.2, -0.15) is 5.26 Å². The topological polar surface area (TPSA) is 92.9 Å². The molecule has 2 N–H and O–H groups in total. The third-order valence-electron chi connectivity index (χ3n) is 3.70. The van der Waals surface area contributed by atoms with Crippen molar-refractivity contribution in [1.82, 2.24) is 19.4 Å². The highest BCUT2D eigenvalue weighted by Gasteiger charge is 2.10. The van der Waals surface area contributed by atoms with Crippen LogP contribution in [0, 0.1) is 11.3 Å². The largest absolute Gasteiger partial charge is 0.397 e. The Bertz CT molecular complexity index is 1070. The van der Waals surface area contributed by atoms with Crippen LogP contribution in [0.5, 0.6) is 0 Å².